The normalized spacial score (nSPS) is 11.2. The molecule has 0 spiro atoms. The fraction of sp³-hybridized carbons (Fsp3) is 0.788. The minimum atomic E-state index is 0.571. The van der Waals surface area contributed by atoms with E-state index in [1.807, 2.05) is 0 Å². The number of aryl methyl sites for hydroxylation is 1. The van der Waals surface area contributed by atoms with Crippen LogP contribution in [0.25, 0.3) is 0 Å². The highest BCUT2D eigenvalue weighted by Gasteiger charge is 2.09. The van der Waals surface area contributed by atoms with E-state index >= 15 is 0 Å². The van der Waals surface area contributed by atoms with Gasteiger partial charge in [-0.1, -0.05) is 167 Å². The van der Waals surface area contributed by atoms with Crippen molar-refractivity contribution in [2.45, 2.75) is 168 Å². The second kappa shape index (κ2) is 24.8. The van der Waals surface area contributed by atoms with Gasteiger partial charge in [0.05, 0.1) is 0 Å². The molecule has 36 heavy (non-hydrogen) atoms. The van der Waals surface area contributed by atoms with E-state index in [1.54, 1.807) is 0 Å². The molecule has 0 saturated carbocycles. The topological polar surface area (TPSA) is 12.0 Å². The first-order valence-electron chi connectivity index (χ1n) is 15.8. The quantitative estimate of drug-likeness (QED) is 0.0736. The summed E-state index contributed by atoms with van der Waals surface area (Å²) < 4.78 is 0.571. The van der Waals surface area contributed by atoms with E-state index in [0.29, 0.717) is 4.32 Å². The molecular weight excluding hydrogens is 475 g/mol. The SMILES string of the molecule is CCCCCCCCCCCCCc1cccc(NC(=S)S)c1CCCCCCCCCCCCC. The Labute approximate surface area is 236 Å². The van der Waals surface area contributed by atoms with Crippen LogP contribution in [0.5, 0.6) is 0 Å². The lowest BCUT2D eigenvalue weighted by Gasteiger charge is -2.16. The number of thiol groups is 1. The number of hydrogen-bond acceptors (Lipinski definition) is 1. The summed E-state index contributed by atoms with van der Waals surface area (Å²) in [4.78, 5) is 0. The van der Waals surface area contributed by atoms with Crippen LogP contribution in [0.15, 0.2) is 18.2 Å². The first kappa shape index (κ1) is 33.5. The minimum Gasteiger partial charge on any atom is -0.341 e. The van der Waals surface area contributed by atoms with Crippen LogP contribution in [0, 0.1) is 0 Å². The lowest BCUT2D eigenvalue weighted by molar-refractivity contribution is 0.547. The van der Waals surface area contributed by atoms with Gasteiger partial charge in [-0.15, -0.1) is 12.6 Å². The van der Waals surface area contributed by atoms with Gasteiger partial charge in [-0.2, -0.15) is 0 Å². The molecule has 1 nitrogen and oxygen atoms in total. The first-order valence-corrected chi connectivity index (χ1v) is 16.6. The van der Waals surface area contributed by atoms with Crippen molar-refractivity contribution in [2.75, 3.05) is 5.32 Å². The van der Waals surface area contributed by atoms with Crippen molar-refractivity contribution < 1.29 is 0 Å². The predicted octanol–water partition coefficient (Wildman–Crippen LogP) is 12.0. The molecule has 0 unspecified atom stereocenters. The maximum Gasteiger partial charge on any atom is 0.135 e. The van der Waals surface area contributed by atoms with Gasteiger partial charge in [0.15, 0.2) is 0 Å². The molecule has 1 aromatic rings. The fourth-order valence-electron chi connectivity index (χ4n) is 5.34. The van der Waals surface area contributed by atoms with Crippen molar-refractivity contribution in [3.63, 3.8) is 0 Å². The smallest absolute Gasteiger partial charge is 0.135 e. The molecule has 0 atom stereocenters. The molecule has 0 fully saturated rings. The van der Waals surface area contributed by atoms with Crippen molar-refractivity contribution in [2.24, 2.45) is 0 Å². The predicted molar refractivity (Wildman–Crippen MR) is 172 cm³/mol. The standard InChI is InChI=1S/C33H59NS2/c1-3-5-7-9-11-13-15-17-19-21-23-26-30-27-25-29-32(34-33(35)36)31(30)28-24-22-20-18-16-14-12-10-8-6-4-2/h25,27,29H,3-24,26,28H2,1-2H3,(H2,34,35,36). The van der Waals surface area contributed by atoms with Gasteiger partial charge in [0.25, 0.3) is 0 Å². The Morgan fingerprint density at radius 1 is 0.583 bits per heavy atom. The lowest BCUT2D eigenvalue weighted by atomic mass is 9.94. The van der Waals surface area contributed by atoms with Crippen LogP contribution in [0.2, 0.25) is 0 Å². The van der Waals surface area contributed by atoms with Gasteiger partial charge in [-0.05, 0) is 42.9 Å². The maximum absolute atomic E-state index is 5.25. The minimum absolute atomic E-state index is 0.571. The van der Waals surface area contributed by atoms with Crippen LogP contribution in [0.4, 0.5) is 5.69 Å². The second-order valence-corrected chi connectivity index (χ2v) is 12.1. The number of unbranched alkanes of at least 4 members (excludes halogenated alkanes) is 20. The monoisotopic (exact) mass is 533 g/mol. The van der Waals surface area contributed by atoms with Gasteiger partial charge >= 0.3 is 0 Å². The largest absolute Gasteiger partial charge is 0.341 e. The Kier molecular flexibility index (Phi) is 23.0. The molecule has 0 heterocycles. The number of thiocarbonyl (C=S) groups is 1. The van der Waals surface area contributed by atoms with Crippen molar-refractivity contribution in [3.05, 3.63) is 29.3 Å². The van der Waals surface area contributed by atoms with E-state index in [1.165, 1.54) is 164 Å². The van der Waals surface area contributed by atoms with Crippen LogP contribution >= 0.6 is 24.8 Å². The summed E-state index contributed by atoms with van der Waals surface area (Å²) in [6.45, 7) is 4.59. The molecule has 0 aromatic heterocycles. The molecule has 0 aliphatic rings. The van der Waals surface area contributed by atoms with Crippen molar-refractivity contribution in [1.29, 1.82) is 0 Å². The lowest BCUT2D eigenvalue weighted by Crippen LogP contribution is -2.07. The Balaban J connectivity index is 2.29. The molecule has 208 valence electrons. The van der Waals surface area contributed by atoms with Crippen LogP contribution in [0.1, 0.15) is 166 Å². The van der Waals surface area contributed by atoms with Gasteiger partial charge < -0.3 is 5.32 Å². The Morgan fingerprint density at radius 2 is 0.972 bits per heavy atom. The van der Waals surface area contributed by atoms with Crippen LogP contribution < -0.4 is 5.32 Å². The van der Waals surface area contributed by atoms with Crippen molar-refractivity contribution in [3.8, 4) is 0 Å². The van der Waals surface area contributed by atoms with E-state index in [4.69, 9.17) is 12.2 Å². The zero-order chi connectivity index (χ0) is 26.1. The van der Waals surface area contributed by atoms with Crippen LogP contribution in [-0.2, 0) is 12.8 Å². The Bertz CT molecular complexity index is 643. The second-order valence-electron chi connectivity index (χ2n) is 10.9. The summed E-state index contributed by atoms with van der Waals surface area (Å²) in [5, 5.41) is 3.34. The molecule has 3 heteroatoms. The Hall–Kier alpha value is -0.540. The summed E-state index contributed by atoms with van der Waals surface area (Å²) in [5.41, 5.74) is 4.19. The summed E-state index contributed by atoms with van der Waals surface area (Å²) in [6, 6.07) is 6.71. The van der Waals surface area contributed by atoms with Gasteiger partial charge in [0.1, 0.15) is 4.32 Å². The van der Waals surface area contributed by atoms with Gasteiger partial charge in [-0.3, -0.25) is 0 Å². The van der Waals surface area contributed by atoms with Crippen LogP contribution in [0.3, 0.4) is 0 Å². The highest BCUT2D eigenvalue weighted by atomic mass is 32.1. The number of hydrogen-bond donors (Lipinski definition) is 2. The molecular formula is C33H59NS2. The molecule has 0 bridgehead atoms. The van der Waals surface area contributed by atoms with Gasteiger partial charge in [0.2, 0.25) is 0 Å². The molecule has 0 radical (unpaired) electrons. The Morgan fingerprint density at radius 3 is 1.39 bits per heavy atom. The highest BCUT2D eigenvalue weighted by Crippen LogP contribution is 2.25. The zero-order valence-corrected chi connectivity index (χ0v) is 25.8. The molecule has 1 rings (SSSR count). The molecule has 1 N–H and O–H groups in total. The van der Waals surface area contributed by atoms with E-state index in [2.05, 4.69) is 50.0 Å². The first-order chi connectivity index (χ1) is 17.7. The molecule has 0 aliphatic carbocycles. The van der Waals surface area contributed by atoms with Gasteiger partial charge in [-0.25, -0.2) is 0 Å². The third kappa shape index (κ3) is 18.7. The maximum atomic E-state index is 5.25. The third-order valence-corrected chi connectivity index (χ3v) is 7.81. The van der Waals surface area contributed by atoms with Gasteiger partial charge in [0, 0.05) is 5.69 Å². The fourth-order valence-corrected chi connectivity index (χ4v) is 5.57. The average Bonchev–Trinajstić information content (AvgIpc) is 2.86. The van der Waals surface area contributed by atoms with Crippen LogP contribution in [-0.4, -0.2) is 4.32 Å². The third-order valence-electron chi connectivity index (χ3n) is 7.59. The summed E-state index contributed by atoms with van der Waals surface area (Å²) in [6.07, 6.45) is 33.1. The number of anilines is 1. The highest BCUT2D eigenvalue weighted by molar-refractivity contribution is 8.11. The number of benzene rings is 1. The van der Waals surface area contributed by atoms with E-state index in [9.17, 15) is 0 Å². The molecule has 0 amide bonds. The molecule has 0 aliphatic heterocycles. The summed E-state index contributed by atoms with van der Waals surface area (Å²) in [7, 11) is 0. The van der Waals surface area contributed by atoms with E-state index in [0.717, 1.165) is 6.42 Å². The van der Waals surface area contributed by atoms with E-state index < -0.39 is 0 Å². The van der Waals surface area contributed by atoms with Crippen molar-refractivity contribution >= 4 is 34.9 Å². The van der Waals surface area contributed by atoms with Crippen molar-refractivity contribution in [1.82, 2.24) is 0 Å². The molecule has 0 saturated heterocycles. The number of nitrogens with one attached hydrogen (secondary N) is 1. The summed E-state index contributed by atoms with van der Waals surface area (Å²) >= 11 is 9.59. The molecule has 1 aromatic carbocycles. The van der Waals surface area contributed by atoms with E-state index in [-0.39, 0.29) is 0 Å². The zero-order valence-electron chi connectivity index (χ0n) is 24.1. The number of rotatable bonds is 25. The average molecular weight is 534 g/mol. The summed E-state index contributed by atoms with van der Waals surface area (Å²) in [5.74, 6) is 0.